The number of hydrogen-bond donors (Lipinski definition) is 2. The SMILES string of the molecule is CC(C)(N)CC(C)(C)Nc1ccc([N+](=O)[O-])cc1[N+](=O)[O-]. The van der Waals surface area contributed by atoms with Gasteiger partial charge in [-0.05, 0) is 40.2 Å². The Labute approximate surface area is 122 Å². The summed E-state index contributed by atoms with van der Waals surface area (Å²) in [6.07, 6.45) is 0.564. The van der Waals surface area contributed by atoms with Crippen molar-refractivity contribution in [2.75, 3.05) is 5.32 Å². The first kappa shape index (κ1) is 16.8. The zero-order valence-electron chi connectivity index (χ0n) is 12.5. The molecule has 0 heterocycles. The van der Waals surface area contributed by atoms with Gasteiger partial charge in [0.05, 0.1) is 15.9 Å². The molecule has 8 heteroatoms. The van der Waals surface area contributed by atoms with E-state index in [0.717, 1.165) is 6.07 Å². The predicted molar refractivity (Wildman–Crippen MR) is 80.3 cm³/mol. The molecule has 8 nitrogen and oxygen atoms in total. The molecule has 0 fully saturated rings. The van der Waals surface area contributed by atoms with E-state index in [1.54, 1.807) is 0 Å². The maximum Gasteiger partial charge on any atom is 0.299 e. The van der Waals surface area contributed by atoms with Crippen LogP contribution in [0.5, 0.6) is 0 Å². The molecule has 116 valence electrons. The van der Waals surface area contributed by atoms with E-state index < -0.39 is 20.9 Å². The molecule has 0 saturated heterocycles. The second-order valence-electron chi connectivity index (χ2n) is 6.39. The second-order valence-corrected chi connectivity index (χ2v) is 6.39. The molecular weight excluding hydrogens is 276 g/mol. The summed E-state index contributed by atoms with van der Waals surface area (Å²) >= 11 is 0. The van der Waals surface area contributed by atoms with Gasteiger partial charge in [-0.15, -0.1) is 0 Å². The number of rotatable bonds is 6. The molecule has 0 radical (unpaired) electrons. The number of benzene rings is 1. The van der Waals surface area contributed by atoms with Crippen LogP contribution in [0, 0.1) is 20.2 Å². The van der Waals surface area contributed by atoms with Crippen molar-refractivity contribution in [2.45, 2.75) is 45.2 Å². The minimum absolute atomic E-state index is 0.236. The molecule has 0 unspecified atom stereocenters. The number of nitrogens with two attached hydrogens (primary N) is 1. The summed E-state index contributed by atoms with van der Waals surface area (Å²) in [5, 5.41) is 24.8. The fourth-order valence-corrected chi connectivity index (χ4v) is 2.44. The molecule has 21 heavy (non-hydrogen) atoms. The van der Waals surface area contributed by atoms with Gasteiger partial charge < -0.3 is 11.1 Å². The minimum atomic E-state index is -0.662. The fraction of sp³-hybridized carbons (Fsp3) is 0.538. The number of non-ortho nitro benzene ring substituents is 1. The van der Waals surface area contributed by atoms with Gasteiger partial charge in [-0.3, -0.25) is 20.2 Å². The van der Waals surface area contributed by atoms with E-state index in [4.69, 9.17) is 5.73 Å². The Morgan fingerprint density at radius 3 is 2.14 bits per heavy atom. The Morgan fingerprint density at radius 1 is 1.14 bits per heavy atom. The van der Waals surface area contributed by atoms with Crippen molar-refractivity contribution >= 4 is 17.1 Å². The van der Waals surface area contributed by atoms with Gasteiger partial charge in [0.1, 0.15) is 5.69 Å². The summed E-state index contributed by atoms with van der Waals surface area (Å²) in [5.74, 6) is 0. The summed E-state index contributed by atoms with van der Waals surface area (Å²) in [6, 6.07) is 3.53. The third-order valence-electron chi connectivity index (χ3n) is 2.76. The number of nitro groups is 2. The Morgan fingerprint density at radius 2 is 1.71 bits per heavy atom. The maximum atomic E-state index is 11.1. The van der Waals surface area contributed by atoms with Crippen LogP contribution in [0.2, 0.25) is 0 Å². The van der Waals surface area contributed by atoms with E-state index in [1.165, 1.54) is 12.1 Å². The zero-order chi connectivity index (χ0) is 16.4. The molecule has 1 aromatic carbocycles. The molecule has 0 aliphatic carbocycles. The first-order valence-electron chi connectivity index (χ1n) is 6.41. The normalized spacial score (nSPS) is 12.0. The molecule has 1 rings (SSSR count). The first-order chi connectivity index (χ1) is 9.41. The number of nitrogens with one attached hydrogen (secondary N) is 1. The van der Waals surface area contributed by atoms with Gasteiger partial charge in [0, 0.05) is 17.1 Å². The van der Waals surface area contributed by atoms with Crippen molar-refractivity contribution in [2.24, 2.45) is 5.73 Å². The van der Waals surface area contributed by atoms with Crippen molar-refractivity contribution in [1.82, 2.24) is 0 Å². The molecule has 0 bridgehead atoms. The van der Waals surface area contributed by atoms with Gasteiger partial charge in [0.25, 0.3) is 11.4 Å². The average molecular weight is 296 g/mol. The van der Waals surface area contributed by atoms with Crippen molar-refractivity contribution in [1.29, 1.82) is 0 Å². The maximum absolute atomic E-state index is 11.1. The van der Waals surface area contributed by atoms with Crippen molar-refractivity contribution < 1.29 is 9.85 Å². The van der Waals surface area contributed by atoms with Crippen LogP contribution in [-0.4, -0.2) is 20.9 Å². The molecule has 0 spiro atoms. The van der Waals surface area contributed by atoms with Gasteiger partial charge in [-0.1, -0.05) is 0 Å². The van der Waals surface area contributed by atoms with Crippen molar-refractivity contribution in [3.8, 4) is 0 Å². The standard InChI is InChI=1S/C13H20N4O4/c1-12(2,14)8-13(3,4)15-10-6-5-9(16(18)19)7-11(10)17(20)21/h5-7,15H,8,14H2,1-4H3. The fourth-order valence-electron chi connectivity index (χ4n) is 2.44. The lowest BCUT2D eigenvalue weighted by atomic mass is 9.87. The molecule has 0 aliphatic rings. The van der Waals surface area contributed by atoms with Crippen LogP contribution in [0.3, 0.4) is 0 Å². The highest BCUT2D eigenvalue weighted by atomic mass is 16.6. The molecule has 3 N–H and O–H groups in total. The molecule has 0 atom stereocenters. The first-order valence-corrected chi connectivity index (χ1v) is 6.41. The highest BCUT2D eigenvalue weighted by molar-refractivity contribution is 5.66. The zero-order valence-corrected chi connectivity index (χ0v) is 12.5. The lowest BCUT2D eigenvalue weighted by Gasteiger charge is -2.33. The predicted octanol–water partition coefficient (Wildman–Crippen LogP) is 2.82. The monoisotopic (exact) mass is 296 g/mol. The summed E-state index contributed by atoms with van der Waals surface area (Å²) in [6.45, 7) is 7.46. The van der Waals surface area contributed by atoms with Crippen molar-refractivity contribution in [3.63, 3.8) is 0 Å². The number of hydrogen-bond acceptors (Lipinski definition) is 6. The minimum Gasteiger partial charge on any atom is -0.375 e. The van der Waals surface area contributed by atoms with Gasteiger partial charge >= 0.3 is 0 Å². The van der Waals surface area contributed by atoms with Crippen LogP contribution in [-0.2, 0) is 0 Å². The van der Waals surface area contributed by atoms with E-state index in [1.807, 2.05) is 27.7 Å². The Bertz CT molecular complexity index is 564. The van der Waals surface area contributed by atoms with Crippen molar-refractivity contribution in [3.05, 3.63) is 38.4 Å². The Hall–Kier alpha value is -2.22. The molecule has 0 saturated carbocycles. The van der Waals surface area contributed by atoms with Crippen LogP contribution < -0.4 is 11.1 Å². The smallest absolute Gasteiger partial charge is 0.299 e. The van der Waals surface area contributed by atoms with E-state index in [9.17, 15) is 20.2 Å². The molecule has 0 amide bonds. The topological polar surface area (TPSA) is 124 Å². The van der Waals surface area contributed by atoms with Crippen LogP contribution in [0.1, 0.15) is 34.1 Å². The Kier molecular flexibility index (Phi) is 4.52. The third-order valence-corrected chi connectivity index (χ3v) is 2.76. The number of nitrogens with zero attached hydrogens (tertiary/aromatic N) is 2. The second kappa shape index (κ2) is 5.65. The van der Waals surface area contributed by atoms with E-state index in [-0.39, 0.29) is 17.1 Å². The lowest BCUT2D eigenvalue weighted by molar-refractivity contribution is -0.393. The average Bonchev–Trinajstić information content (AvgIpc) is 2.24. The van der Waals surface area contributed by atoms with Gasteiger partial charge in [-0.2, -0.15) is 0 Å². The summed E-state index contributed by atoms with van der Waals surface area (Å²) in [5.41, 5.74) is 4.61. The van der Waals surface area contributed by atoms with E-state index in [0.29, 0.717) is 6.42 Å². The van der Waals surface area contributed by atoms with Gasteiger partial charge in [0.2, 0.25) is 0 Å². The van der Waals surface area contributed by atoms with E-state index >= 15 is 0 Å². The van der Waals surface area contributed by atoms with Crippen LogP contribution in [0.4, 0.5) is 17.1 Å². The molecule has 1 aromatic rings. The largest absolute Gasteiger partial charge is 0.375 e. The highest BCUT2D eigenvalue weighted by Gasteiger charge is 2.29. The van der Waals surface area contributed by atoms with Gasteiger partial charge in [0.15, 0.2) is 0 Å². The van der Waals surface area contributed by atoms with E-state index in [2.05, 4.69) is 5.32 Å². The van der Waals surface area contributed by atoms with Crippen LogP contribution in [0.15, 0.2) is 18.2 Å². The third kappa shape index (κ3) is 4.99. The lowest BCUT2D eigenvalue weighted by Crippen LogP contribution is -2.44. The molecule has 0 aromatic heterocycles. The van der Waals surface area contributed by atoms with Crippen LogP contribution in [0.25, 0.3) is 0 Å². The quantitative estimate of drug-likeness (QED) is 0.614. The Balaban J connectivity index is 3.13. The summed E-state index contributed by atoms with van der Waals surface area (Å²) in [7, 11) is 0. The number of anilines is 1. The molecular formula is C13H20N4O4. The van der Waals surface area contributed by atoms with Gasteiger partial charge in [-0.25, -0.2) is 0 Å². The summed E-state index contributed by atoms with van der Waals surface area (Å²) < 4.78 is 0. The van der Waals surface area contributed by atoms with Crippen LogP contribution >= 0.6 is 0 Å². The molecule has 0 aliphatic heterocycles. The highest BCUT2D eigenvalue weighted by Crippen LogP contribution is 2.32. The number of nitro benzene ring substituents is 2. The summed E-state index contributed by atoms with van der Waals surface area (Å²) in [4.78, 5) is 20.5.